The molecule has 28 heavy (non-hydrogen) atoms. The van der Waals surface area contributed by atoms with Crippen molar-refractivity contribution < 1.29 is 9.59 Å². The molecule has 6 N–H and O–H groups in total. The molecule has 0 radical (unpaired) electrons. The van der Waals surface area contributed by atoms with E-state index in [4.69, 9.17) is 11.6 Å². The van der Waals surface area contributed by atoms with E-state index in [1.165, 1.54) is 70.6 Å². The van der Waals surface area contributed by atoms with E-state index in [0.29, 0.717) is 19.4 Å². The van der Waals surface area contributed by atoms with E-state index in [2.05, 4.69) is 17.7 Å². The Morgan fingerprint density at radius 1 is 0.750 bits per heavy atom. The van der Waals surface area contributed by atoms with Crippen LogP contribution >= 0.6 is 0 Å². The van der Waals surface area contributed by atoms with Crippen molar-refractivity contribution in [3.63, 3.8) is 0 Å². The molecule has 0 aliphatic heterocycles. The molecular weight excluding hydrogens is 352 g/mol. The lowest BCUT2D eigenvalue weighted by molar-refractivity contribution is -0.121. The number of primary amides is 1. The van der Waals surface area contributed by atoms with Crippen LogP contribution in [0.4, 0.5) is 0 Å². The minimum absolute atomic E-state index is 0.131. The molecular formula is C22H46N4O2. The van der Waals surface area contributed by atoms with Crippen molar-refractivity contribution in [3.8, 4) is 0 Å². The van der Waals surface area contributed by atoms with Crippen molar-refractivity contribution in [1.29, 1.82) is 0 Å². The maximum absolute atomic E-state index is 11.8. The van der Waals surface area contributed by atoms with Crippen molar-refractivity contribution in [3.05, 3.63) is 0 Å². The molecule has 6 nitrogen and oxygen atoms in total. The molecule has 0 aromatic heterocycles. The van der Waals surface area contributed by atoms with Crippen LogP contribution in [0.2, 0.25) is 0 Å². The van der Waals surface area contributed by atoms with Gasteiger partial charge in [0.25, 0.3) is 0 Å². The van der Waals surface area contributed by atoms with Crippen molar-refractivity contribution in [2.24, 2.45) is 11.6 Å². The number of hydrazine groups is 1. The summed E-state index contributed by atoms with van der Waals surface area (Å²) in [5, 5.41) is 2.94. The number of nitrogens with one attached hydrogen (secondary N) is 2. The van der Waals surface area contributed by atoms with Crippen LogP contribution < -0.4 is 22.3 Å². The first-order chi connectivity index (χ1) is 13.6. The monoisotopic (exact) mass is 398 g/mol. The Bertz CT molecular complexity index is 378. The lowest BCUT2D eigenvalue weighted by Crippen LogP contribution is -2.45. The number of unbranched alkanes of at least 4 members (excludes halogenated alkanes) is 13. The van der Waals surface area contributed by atoms with Crippen LogP contribution in [0.3, 0.4) is 0 Å². The summed E-state index contributed by atoms with van der Waals surface area (Å²) in [5.74, 6) is 4.95. The van der Waals surface area contributed by atoms with Crippen molar-refractivity contribution in [2.75, 3.05) is 6.54 Å². The number of hydrogen-bond donors (Lipinski definition) is 4. The molecule has 0 aromatic rings. The zero-order chi connectivity index (χ0) is 20.9. The zero-order valence-corrected chi connectivity index (χ0v) is 18.3. The highest BCUT2D eigenvalue weighted by Gasteiger charge is 2.11. The molecule has 0 rings (SSSR count). The van der Waals surface area contributed by atoms with Gasteiger partial charge in [-0.15, -0.1) is 0 Å². The summed E-state index contributed by atoms with van der Waals surface area (Å²) >= 11 is 0. The second-order valence-corrected chi connectivity index (χ2v) is 7.96. The summed E-state index contributed by atoms with van der Waals surface area (Å²) in [5.41, 5.74) is 7.61. The SMILES string of the molecule is CCCCCCCCCCCCCCCC(=O)NCCCCC(NN)C(N)=O. The lowest BCUT2D eigenvalue weighted by Gasteiger charge is -2.11. The number of amides is 2. The van der Waals surface area contributed by atoms with Crippen LogP contribution in [0, 0.1) is 0 Å². The molecule has 0 fully saturated rings. The van der Waals surface area contributed by atoms with Gasteiger partial charge in [0.1, 0.15) is 0 Å². The fraction of sp³-hybridized carbons (Fsp3) is 0.909. The van der Waals surface area contributed by atoms with Gasteiger partial charge in [0.2, 0.25) is 11.8 Å². The van der Waals surface area contributed by atoms with Gasteiger partial charge in [0.15, 0.2) is 0 Å². The Morgan fingerprint density at radius 3 is 1.71 bits per heavy atom. The molecule has 0 saturated carbocycles. The maximum atomic E-state index is 11.8. The molecule has 2 amide bonds. The number of carbonyl (C=O) groups excluding carboxylic acids is 2. The first-order valence-corrected chi connectivity index (χ1v) is 11.6. The summed E-state index contributed by atoms with van der Waals surface area (Å²) in [4.78, 5) is 22.8. The molecule has 0 aromatic carbocycles. The van der Waals surface area contributed by atoms with E-state index in [1.54, 1.807) is 0 Å². The van der Waals surface area contributed by atoms with Gasteiger partial charge in [0.05, 0.1) is 6.04 Å². The largest absolute Gasteiger partial charge is 0.368 e. The fourth-order valence-corrected chi connectivity index (χ4v) is 3.40. The van der Waals surface area contributed by atoms with Gasteiger partial charge < -0.3 is 11.1 Å². The van der Waals surface area contributed by atoms with E-state index in [-0.39, 0.29) is 5.91 Å². The van der Waals surface area contributed by atoms with Gasteiger partial charge in [-0.2, -0.15) is 0 Å². The van der Waals surface area contributed by atoms with Gasteiger partial charge in [0, 0.05) is 13.0 Å². The number of rotatable bonds is 21. The highest BCUT2D eigenvalue weighted by atomic mass is 16.2. The smallest absolute Gasteiger partial charge is 0.235 e. The van der Waals surface area contributed by atoms with E-state index < -0.39 is 11.9 Å². The molecule has 0 spiro atoms. The maximum Gasteiger partial charge on any atom is 0.235 e. The summed E-state index contributed by atoms with van der Waals surface area (Å²) in [7, 11) is 0. The summed E-state index contributed by atoms with van der Waals surface area (Å²) in [6, 6.07) is -0.485. The van der Waals surface area contributed by atoms with E-state index in [9.17, 15) is 9.59 Å². The average Bonchev–Trinajstić information content (AvgIpc) is 2.68. The highest BCUT2D eigenvalue weighted by Crippen LogP contribution is 2.12. The van der Waals surface area contributed by atoms with Gasteiger partial charge in [-0.1, -0.05) is 84.0 Å². The molecule has 0 aliphatic carbocycles. The second-order valence-electron chi connectivity index (χ2n) is 7.96. The third kappa shape index (κ3) is 18.2. The van der Waals surface area contributed by atoms with Crippen LogP contribution in [0.1, 0.15) is 116 Å². The Kier molecular flexibility index (Phi) is 19.8. The Hall–Kier alpha value is -1.14. The molecule has 6 heteroatoms. The standard InChI is InChI=1S/C22H46N4O2/c1-2-3-4-5-6-7-8-9-10-11-12-13-14-18-21(27)25-19-16-15-17-20(26-24)22(23)28/h20,26H,2-19,24H2,1H3,(H2,23,28)(H,25,27). The van der Waals surface area contributed by atoms with Gasteiger partial charge in [-0.25, -0.2) is 5.43 Å². The third-order valence-electron chi connectivity index (χ3n) is 5.29. The van der Waals surface area contributed by atoms with Crippen LogP contribution in [-0.2, 0) is 9.59 Å². The lowest BCUT2D eigenvalue weighted by atomic mass is 10.0. The number of hydrogen-bond acceptors (Lipinski definition) is 4. The second kappa shape index (κ2) is 20.6. The first-order valence-electron chi connectivity index (χ1n) is 11.6. The summed E-state index contributed by atoms with van der Waals surface area (Å²) < 4.78 is 0. The molecule has 0 aliphatic rings. The summed E-state index contributed by atoms with van der Waals surface area (Å²) in [6.07, 6.45) is 19.9. The number of carbonyl (C=O) groups is 2. The van der Waals surface area contributed by atoms with E-state index in [0.717, 1.165) is 25.7 Å². The molecule has 0 bridgehead atoms. The van der Waals surface area contributed by atoms with E-state index in [1.807, 2.05) is 0 Å². The van der Waals surface area contributed by atoms with Gasteiger partial charge in [-0.05, 0) is 25.7 Å². The predicted octanol–water partition coefficient (Wildman–Crippen LogP) is 4.07. The Morgan fingerprint density at radius 2 is 1.25 bits per heavy atom. The van der Waals surface area contributed by atoms with Crippen molar-refractivity contribution in [2.45, 2.75) is 122 Å². The summed E-state index contributed by atoms with van der Waals surface area (Å²) in [6.45, 7) is 2.91. The average molecular weight is 399 g/mol. The quantitative estimate of drug-likeness (QED) is 0.133. The first kappa shape index (κ1) is 26.9. The van der Waals surface area contributed by atoms with Crippen LogP contribution in [-0.4, -0.2) is 24.4 Å². The normalized spacial score (nSPS) is 12.1. The minimum atomic E-state index is -0.485. The third-order valence-corrected chi connectivity index (χ3v) is 5.29. The molecule has 1 atom stereocenters. The molecule has 0 saturated heterocycles. The van der Waals surface area contributed by atoms with E-state index >= 15 is 0 Å². The predicted molar refractivity (Wildman–Crippen MR) is 117 cm³/mol. The Labute approximate surface area is 172 Å². The molecule has 166 valence electrons. The van der Waals surface area contributed by atoms with Crippen LogP contribution in [0.25, 0.3) is 0 Å². The van der Waals surface area contributed by atoms with Crippen LogP contribution in [0.15, 0.2) is 0 Å². The molecule has 1 unspecified atom stereocenters. The topological polar surface area (TPSA) is 110 Å². The fourth-order valence-electron chi connectivity index (χ4n) is 3.40. The van der Waals surface area contributed by atoms with Crippen molar-refractivity contribution >= 4 is 11.8 Å². The van der Waals surface area contributed by atoms with Gasteiger partial charge >= 0.3 is 0 Å². The van der Waals surface area contributed by atoms with Gasteiger partial charge in [-0.3, -0.25) is 15.4 Å². The van der Waals surface area contributed by atoms with Crippen molar-refractivity contribution in [1.82, 2.24) is 10.7 Å². The molecule has 0 heterocycles. The number of nitrogens with two attached hydrogens (primary N) is 2. The highest BCUT2D eigenvalue weighted by molar-refractivity contribution is 5.79. The van der Waals surface area contributed by atoms with Crippen LogP contribution in [0.5, 0.6) is 0 Å². The minimum Gasteiger partial charge on any atom is -0.368 e. The Balaban J connectivity index is 3.28. The zero-order valence-electron chi connectivity index (χ0n) is 18.3.